The van der Waals surface area contributed by atoms with E-state index in [1.165, 1.54) is 5.56 Å². The number of carboxylic acids is 1. The molecule has 5 nitrogen and oxygen atoms in total. The van der Waals surface area contributed by atoms with Crippen LogP contribution in [0.5, 0.6) is 5.75 Å². The molecule has 1 aromatic rings. The molecule has 2 rings (SSSR count). The average molecular weight is 292 g/mol. The fourth-order valence-corrected chi connectivity index (χ4v) is 2.84. The monoisotopic (exact) mass is 292 g/mol. The number of carboxylic acid groups (broad SMARTS) is 1. The van der Waals surface area contributed by atoms with E-state index >= 15 is 0 Å². The Morgan fingerprint density at radius 3 is 2.57 bits per heavy atom. The summed E-state index contributed by atoms with van der Waals surface area (Å²) in [6.45, 7) is 6.61. The Bertz CT molecular complexity index is 470. The van der Waals surface area contributed by atoms with E-state index in [-0.39, 0.29) is 6.42 Å². The first-order valence-corrected chi connectivity index (χ1v) is 7.43. The molecule has 1 atom stereocenters. The van der Waals surface area contributed by atoms with Crippen molar-refractivity contribution < 1.29 is 14.6 Å². The molecule has 1 aromatic carbocycles. The SMILES string of the molecule is COc1ccccc1C(C)N1CCN(CCC(=O)O)CC1. The first kappa shape index (κ1) is 15.8. The van der Waals surface area contributed by atoms with Crippen LogP contribution in [0.15, 0.2) is 24.3 Å². The molecule has 0 radical (unpaired) electrons. The number of rotatable bonds is 6. The third-order valence-electron chi connectivity index (χ3n) is 4.19. The molecule has 1 saturated heterocycles. The second kappa shape index (κ2) is 7.43. The normalized spacial score (nSPS) is 18.4. The van der Waals surface area contributed by atoms with Crippen LogP contribution >= 0.6 is 0 Å². The number of para-hydroxylation sites is 1. The molecule has 1 heterocycles. The number of aliphatic carboxylic acids is 1. The van der Waals surface area contributed by atoms with Crippen molar-refractivity contribution >= 4 is 5.97 Å². The Morgan fingerprint density at radius 1 is 1.29 bits per heavy atom. The Kier molecular flexibility index (Phi) is 5.59. The second-order valence-corrected chi connectivity index (χ2v) is 5.44. The second-order valence-electron chi connectivity index (χ2n) is 5.44. The zero-order valence-electron chi connectivity index (χ0n) is 12.8. The van der Waals surface area contributed by atoms with E-state index in [1.54, 1.807) is 7.11 Å². The predicted molar refractivity (Wildman–Crippen MR) is 81.7 cm³/mol. The van der Waals surface area contributed by atoms with Crippen LogP contribution < -0.4 is 4.74 Å². The van der Waals surface area contributed by atoms with Gasteiger partial charge in [-0.25, -0.2) is 0 Å². The van der Waals surface area contributed by atoms with Crippen LogP contribution in [0, 0.1) is 0 Å². The minimum atomic E-state index is -0.722. The molecule has 1 N–H and O–H groups in total. The zero-order valence-corrected chi connectivity index (χ0v) is 12.8. The molecule has 1 fully saturated rings. The van der Waals surface area contributed by atoms with Gasteiger partial charge < -0.3 is 14.7 Å². The zero-order chi connectivity index (χ0) is 15.2. The maximum absolute atomic E-state index is 10.6. The van der Waals surface area contributed by atoms with E-state index < -0.39 is 5.97 Å². The van der Waals surface area contributed by atoms with E-state index in [9.17, 15) is 4.79 Å². The van der Waals surface area contributed by atoms with Gasteiger partial charge in [0.1, 0.15) is 5.75 Å². The van der Waals surface area contributed by atoms with E-state index in [2.05, 4.69) is 22.8 Å². The molecule has 5 heteroatoms. The fourth-order valence-electron chi connectivity index (χ4n) is 2.84. The summed E-state index contributed by atoms with van der Waals surface area (Å²) in [6, 6.07) is 8.44. The van der Waals surface area contributed by atoms with Gasteiger partial charge in [-0.05, 0) is 13.0 Å². The average Bonchev–Trinajstić information content (AvgIpc) is 2.52. The Hall–Kier alpha value is -1.59. The topological polar surface area (TPSA) is 53.0 Å². The fraction of sp³-hybridized carbons (Fsp3) is 0.562. The Morgan fingerprint density at radius 2 is 1.95 bits per heavy atom. The number of hydrogen-bond acceptors (Lipinski definition) is 4. The highest BCUT2D eigenvalue weighted by Crippen LogP contribution is 2.29. The highest BCUT2D eigenvalue weighted by molar-refractivity contribution is 5.66. The lowest BCUT2D eigenvalue weighted by molar-refractivity contribution is -0.137. The van der Waals surface area contributed by atoms with Gasteiger partial charge in [-0.3, -0.25) is 9.69 Å². The molecule has 0 aromatic heterocycles. The van der Waals surface area contributed by atoms with Crippen LogP contribution in [0.2, 0.25) is 0 Å². The van der Waals surface area contributed by atoms with Crippen molar-refractivity contribution in [2.75, 3.05) is 39.8 Å². The maximum atomic E-state index is 10.6. The van der Waals surface area contributed by atoms with Gasteiger partial charge in [0.25, 0.3) is 0 Å². The first-order valence-electron chi connectivity index (χ1n) is 7.43. The highest BCUT2D eigenvalue weighted by Gasteiger charge is 2.23. The molecule has 1 aliphatic rings. The number of benzene rings is 1. The Balaban J connectivity index is 1.91. The van der Waals surface area contributed by atoms with Crippen molar-refractivity contribution in [3.8, 4) is 5.75 Å². The standard InChI is InChI=1S/C16H24N2O3/c1-13(14-5-3-4-6-15(14)21-2)18-11-9-17(10-12-18)8-7-16(19)20/h3-6,13H,7-12H2,1-2H3,(H,19,20). The van der Waals surface area contributed by atoms with Gasteiger partial charge in [0.2, 0.25) is 0 Å². The molecule has 21 heavy (non-hydrogen) atoms. The third kappa shape index (κ3) is 4.19. The summed E-state index contributed by atoms with van der Waals surface area (Å²) < 4.78 is 5.44. The molecule has 1 aliphatic heterocycles. The van der Waals surface area contributed by atoms with Crippen LogP contribution in [0.25, 0.3) is 0 Å². The van der Waals surface area contributed by atoms with Crippen molar-refractivity contribution in [2.45, 2.75) is 19.4 Å². The van der Waals surface area contributed by atoms with Crippen molar-refractivity contribution in [1.82, 2.24) is 9.80 Å². The van der Waals surface area contributed by atoms with Gasteiger partial charge in [-0.1, -0.05) is 18.2 Å². The largest absolute Gasteiger partial charge is 0.496 e. The molecule has 0 spiro atoms. The highest BCUT2D eigenvalue weighted by atomic mass is 16.5. The van der Waals surface area contributed by atoms with Crippen molar-refractivity contribution in [2.24, 2.45) is 0 Å². The molecule has 116 valence electrons. The summed E-state index contributed by atoms with van der Waals surface area (Å²) in [5.41, 5.74) is 1.21. The number of carbonyl (C=O) groups is 1. The van der Waals surface area contributed by atoms with Crippen molar-refractivity contribution in [3.05, 3.63) is 29.8 Å². The summed E-state index contributed by atoms with van der Waals surface area (Å²) in [5, 5.41) is 8.74. The number of piperazine rings is 1. The quantitative estimate of drug-likeness (QED) is 0.867. The van der Waals surface area contributed by atoms with Crippen LogP contribution in [0.1, 0.15) is 24.9 Å². The lowest BCUT2D eigenvalue weighted by Crippen LogP contribution is -2.47. The van der Waals surface area contributed by atoms with Crippen LogP contribution in [-0.2, 0) is 4.79 Å². The van der Waals surface area contributed by atoms with Gasteiger partial charge in [0.15, 0.2) is 0 Å². The first-order chi connectivity index (χ1) is 10.1. The van der Waals surface area contributed by atoms with Crippen molar-refractivity contribution in [1.29, 1.82) is 0 Å². The summed E-state index contributed by atoms with van der Waals surface area (Å²) in [4.78, 5) is 15.3. The smallest absolute Gasteiger partial charge is 0.304 e. The summed E-state index contributed by atoms with van der Waals surface area (Å²) in [7, 11) is 1.70. The van der Waals surface area contributed by atoms with E-state index in [0.29, 0.717) is 12.6 Å². The molecule has 0 amide bonds. The lowest BCUT2D eigenvalue weighted by Gasteiger charge is -2.38. The van der Waals surface area contributed by atoms with E-state index in [4.69, 9.17) is 9.84 Å². The van der Waals surface area contributed by atoms with E-state index in [0.717, 1.165) is 31.9 Å². The van der Waals surface area contributed by atoms with Gasteiger partial charge >= 0.3 is 5.97 Å². The number of hydrogen-bond donors (Lipinski definition) is 1. The van der Waals surface area contributed by atoms with Crippen LogP contribution in [0.3, 0.4) is 0 Å². The third-order valence-corrected chi connectivity index (χ3v) is 4.19. The van der Waals surface area contributed by atoms with Gasteiger partial charge in [0.05, 0.1) is 13.5 Å². The molecule has 0 bridgehead atoms. The van der Waals surface area contributed by atoms with Gasteiger partial charge in [-0.15, -0.1) is 0 Å². The molecule has 0 aliphatic carbocycles. The molecule has 1 unspecified atom stereocenters. The van der Waals surface area contributed by atoms with Gasteiger partial charge in [0, 0.05) is 44.3 Å². The van der Waals surface area contributed by atoms with Crippen LogP contribution in [0.4, 0.5) is 0 Å². The number of ether oxygens (including phenoxy) is 1. The van der Waals surface area contributed by atoms with Crippen molar-refractivity contribution in [3.63, 3.8) is 0 Å². The van der Waals surface area contributed by atoms with Gasteiger partial charge in [-0.2, -0.15) is 0 Å². The van der Waals surface area contributed by atoms with E-state index in [1.807, 2.05) is 18.2 Å². The number of nitrogens with zero attached hydrogens (tertiary/aromatic N) is 2. The summed E-state index contributed by atoms with van der Waals surface area (Å²) in [5.74, 6) is 0.207. The molecular formula is C16H24N2O3. The van der Waals surface area contributed by atoms with Crippen LogP contribution in [-0.4, -0.2) is 60.7 Å². The number of methoxy groups -OCH3 is 1. The molecule has 0 saturated carbocycles. The minimum Gasteiger partial charge on any atom is -0.496 e. The predicted octanol–water partition coefficient (Wildman–Crippen LogP) is 1.85. The summed E-state index contributed by atoms with van der Waals surface area (Å²) >= 11 is 0. The minimum absolute atomic E-state index is 0.224. The molecular weight excluding hydrogens is 268 g/mol. The summed E-state index contributed by atoms with van der Waals surface area (Å²) in [6.07, 6.45) is 0.224. The maximum Gasteiger partial charge on any atom is 0.304 e. The lowest BCUT2D eigenvalue weighted by atomic mass is 10.0. The Labute approximate surface area is 126 Å².